The number of amides is 2. The maximum Gasteiger partial charge on any atom is 3.00 e. The van der Waals surface area contributed by atoms with Crippen molar-refractivity contribution >= 4 is 27.9 Å². The van der Waals surface area contributed by atoms with Crippen LogP contribution in [0.3, 0.4) is 0 Å². The second-order valence-electron chi connectivity index (χ2n) is 13.1. The zero-order valence-corrected chi connectivity index (χ0v) is 37.5. The van der Waals surface area contributed by atoms with Gasteiger partial charge in [0, 0.05) is 53.0 Å². The molecule has 0 N–H and O–H groups in total. The number of rotatable bonds is 10. The van der Waals surface area contributed by atoms with Gasteiger partial charge < -0.3 is 43.5 Å². The van der Waals surface area contributed by atoms with Crippen LogP contribution >= 0.6 is 0 Å². The topological polar surface area (TPSA) is 230 Å². The molecule has 0 unspecified atom stereocenters. The van der Waals surface area contributed by atoms with E-state index in [-0.39, 0.29) is 40.8 Å². The fraction of sp³-hybridized carbons (Fsp3) is 0.105. The van der Waals surface area contributed by atoms with Gasteiger partial charge in [-0.1, -0.05) is 24.3 Å². The van der Waals surface area contributed by atoms with Gasteiger partial charge in [-0.15, -0.1) is 0 Å². The maximum atomic E-state index is 9.43. The fourth-order valence-electron chi connectivity index (χ4n) is 5.13. The van der Waals surface area contributed by atoms with E-state index in [1.54, 1.807) is 53.0 Å². The van der Waals surface area contributed by atoms with Crippen LogP contribution < -0.4 is 0 Å². The Labute approximate surface area is 385 Å². The van der Waals surface area contributed by atoms with E-state index in [1.165, 1.54) is 9.80 Å². The summed E-state index contributed by atoms with van der Waals surface area (Å²) in [5.41, 5.74) is 7.05. The molecule has 0 saturated carbocycles. The summed E-state index contributed by atoms with van der Waals surface area (Å²) >= 11 is 0. The van der Waals surface area contributed by atoms with Crippen LogP contribution in [-0.2, 0) is 9.59 Å². The van der Waals surface area contributed by atoms with Crippen LogP contribution in [-0.4, -0.2) is 130 Å². The summed E-state index contributed by atoms with van der Waals surface area (Å²) in [4.78, 5) is 47.3. The van der Waals surface area contributed by atoms with Gasteiger partial charge in [-0.05, 0) is 97.6 Å². The smallest absolute Gasteiger partial charge is 0.428 e. The first-order chi connectivity index (χ1) is 29.0. The summed E-state index contributed by atoms with van der Waals surface area (Å²) < 4.78 is 7.83. The van der Waals surface area contributed by atoms with E-state index in [4.69, 9.17) is 15.3 Å². The monoisotopic (exact) mass is 952 g/mol. The van der Waals surface area contributed by atoms with E-state index >= 15 is 0 Å². The first-order valence-electron chi connectivity index (χ1n) is 18.4. The molecule has 1 radical (unpaired) electrons. The molecule has 0 fully saturated rings. The van der Waals surface area contributed by atoms with Crippen LogP contribution in [0.1, 0.15) is 0 Å². The third-order valence-electron chi connectivity index (χ3n) is 7.81. The van der Waals surface area contributed by atoms with E-state index in [0.717, 1.165) is 58.4 Å². The largest absolute Gasteiger partial charge is 3.00 e. The molecule has 0 bridgehead atoms. The van der Waals surface area contributed by atoms with Gasteiger partial charge >= 0.3 is 40.8 Å². The third kappa shape index (κ3) is 17.4. The minimum absolute atomic E-state index is 0. The number of hydrogen-bond donors (Lipinski definition) is 0. The second-order valence-corrected chi connectivity index (χ2v) is 13.1. The molecule has 8 aromatic heterocycles. The Bertz CT molecular complexity index is 2130. The van der Waals surface area contributed by atoms with Crippen LogP contribution in [0.25, 0.3) is 45.6 Å². The van der Waals surface area contributed by atoms with Crippen molar-refractivity contribution < 1.29 is 55.5 Å². The molecule has 309 valence electrons. The van der Waals surface area contributed by atoms with Crippen LogP contribution in [0.5, 0.6) is 0 Å². The molecule has 0 spiro atoms. The van der Waals surface area contributed by atoms with E-state index in [9.17, 15) is 9.59 Å². The van der Waals surface area contributed by atoms with Gasteiger partial charge in [0.05, 0.1) is 27.9 Å². The predicted octanol–water partition coefficient (Wildman–Crippen LogP) is 2.37. The molecule has 0 saturated heterocycles. The number of hydrogen-bond acceptors (Lipinski definition) is 13. The van der Waals surface area contributed by atoms with Gasteiger partial charge in [0.25, 0.3) is 0 Å². The molecule has 23 heteroatoms. The molecule has 0 aromatic carbocycles. The van der Waals surface area contributed by atoms with Gasteiger partial charge in [0.1, 0.15) is 22.8 Å². The van der Waals surface area contributed by atoms with Gasteiger partial charge in [-0.3, -0.25) is 29.5 Å². The van der Waals surface area contributed by atoms with Crippen LogP contribution in [0, 0.1) is 56.2 Å². The van der Waals surface area contributed by atoms with Crippen molar-refractivity contribution in [2.24, 2.45) is 0 Å². The van der Waals surface area contributed by atoms with E-state index < -0.39 is 20.2 Å². The SMILES string of the molecule is CN(C)C=O.CN(C)C=O.O=[N+]([O-])[O-].[BH2-](n1ccc(-c2ccccn2)n1)n1ccc(-c2ccccn2)n1.[BH2-](n1ccc(-c2ccccn2)n1)n1ccc(-c2ccccn2)n1.[Nd+3]. The van der Waals surface area contributed by atoms with Gasteiger partial charge in [-0.25, -0.2) is 20.4 Å². The molecule has 0 aliphatic rings. The summed E-state index contributed by atoms with van der Waals surface area (Å²) in [6.07, 6.45) is 16.5. The first-order valence-corrected chi connectivity index (χ1v) is 18.4. The standard InChI is InChI=1S/2C16H14BN6.2C3H7NO.NO3.Nd/c2*1-3-9-18-13(5-1)15-7-11-22(20-15)17-23-12-8-16(21-23)14-6-2-4-10-19-14;2*1-4(2)3-5;2-1(3)4;/h2*1-12H,17H2;2*3H,1-2H3;;/q2*-1;;;-1;+3. The average molecular weight is 955 g/mol. The van der Waals surface area contributed by atoms with Crippen molar-refractivity contribution in [3.05, 3.63) is 162 Å². The number of pyridine rings is 4. The zero-order chi connectivity index (χ0) is 43.1. The Balaban J connectivity index is 0.000000246. The van der Waals surface area contributed by atoms with Crippen molar-refractivity contribution in [3.63, 3.8) is 0 Å². The molecule has 2 amide bonds. The van der Waals surface area contributed by atoms with E-state index in [0.29, 0.717) is 0 Å². The molecule has 0 atom stereocenters. The maximum absolute atomic E-state index is 9.43. The van der Waals surface area contributed by atoms with Gasteiger partial charge in [0.15, 0.2) is 15.1 Å². The average Bonchev–Trinajstić information content (AvgIpc) is 4.12. The fourth-order valence-corrected chi connectivity index (χ4v) is 5.13. The summed E-state index contributed by atoms with van der Waals surface area (Å²) in [5, 5.41) is 33.1. The van der Waals surface area contributed by atoms with E-state index in [2.05, 4.69) is 40.3 Å². The molecule has 20 nitrogen and oxygen atoms in total. The first kappa shape index (κ1) is 48.4. The minimum atomic E-state index is -1.75. The number of nitrogens with zero attached hydrogens (tertiary/aromatic N) is 15. The molecule has 8 rings (SSSR count). The Hall–Kier alpha value is -6.94. The van der Waals surface area contributed by atoms with Crippen LogP contribution in [0.4, 0.5) is 0 Å². The van der Waals surface area contributed by atoms with Crippen molar-refractivity contribution in [2.45, 2.75) is 0 Å². The number of carbonyl (C=O) groups is 2. The third-order valence-corrected chi connectivity index (χ3v) is 7.81. The molecular formula is C38H42B2N15NdO5. The number of carbonyl (C=O) groups excluding carboxylic acids is 2. The van der Waals surface area contributed by atoms with Gasteiger partial charge in [-0.2, -0.15) is 0 Å². The molecule has 8 heterocycles. The Morgan fingerprint density at radius 2 is 0.672 bits per heavy atom. The van der Waals surface area contributed by atoms with Crippen LogP contribution in [0.15, 0.2) is 147 Å². The Morgan fingerprint density at radius 3 is 0.836 bits per heavy atom. The van der Waals surface area contributed by atoms with Crippen molar-refractivity contribution in [1.29, 1.82) is 0 Å². The van der Waals surface area contributed by atoms with Crippen molar-refractivity contribution in [3.8, 4) is 45.6 Å². The molecule has 0 aliphatic heterocycles. The van der Waals surface area contributed by atoms with Crippen molar-refractivity contribution in [1.82, 2.24) is 68.5 Å². The Morgan fingerprint density at radius 1 is 0.459 bits per heavy atom. The minimum Gasteiger partial charge on any atom is -0.428 e. The molecule has 8 aromatic rings. The summed E-state index contributed by atoms with van der Waals surface area (Å²) in [6, 6.07) is 31.2. The van der Waals surface area contributed by atoms with Gasteiger partial charge in [0.2, 0.25) is 12.8 Å². The number of aromatic nitrogens is 12. The summed E-state index contributed by atoms with van der Waals surface area (Å²) in [6.45, 7) is 0. The molecule has 0 aliphatic carbocycles. The second kappa shape index (κ2) is 26.2. The van der Waals surface area contributed by atoms with E-state index in [1.807, 2.05) is 140 Å². The normalized spacial score (nSPS) is 9.64. The molecular weight excluding hydrogens is 912 g/mol. The quantitative estimate of drug-likeness (QED) is 0.0831. The Kier molecular flexibility index (Phi) is 20.8. The summed E-state index contributed by atoms with van der Waals surface area (Å²) in [5.74, 6) is 0. The van der Waals surface area contributed by atoms with Crippen molar-refractivity contribution in [2.75, 3.05) is 28.2 Å². The van der Waals surface area contributed by atoms with Crippen LogP contribution in [0.2, 0.25) is 0 Å². The predicted molar refractivity (Wildman–Crippen MR) is 230 cm³/mol. The zero-order valence-electron chi connectivity index (χ0n) is 34.3. The summed E-state index contributed by atoms with van der Waals surface area (Å²) in [7, 11) is 5.33. The molecule has 61 heavy (non-hydrogen) atoms.